The van der Waals surface area contributed by atoms with Crippen LogP contribution in [0.1, 0.15) is 10.4 Å². The fraction of sp³-hybridized carbons (Fsp3) is 0.500. The average Bonchev–Trinajstić information content (AvgIpc) is 2.81. The molecule has 1 spiro atoms. The quantitative estimate of drug-likeness (QED) is 0.813. The molecule has 7 nitrogen and oxygen atoms in total. The SMILES string of the molecule is CN1CCOc2cc(C(=O)N3CC4(CNC(=O)N4C)C3)ccc21. The Morgan fingerprint density at radius 3 is 2.78 bits per heavy atom. The van der Waals surface area contributed by atoms with E-state index in [2.05, 4.69) is 10.2 Å². The molecule has 2 saturated heterocycles. The van der Waals surface area contributed by atoms with Gasteiger partial charge in [0.2, 0.25) is 0 Å². The number of anilines is 1. The summed E-state index contributed by atoms with van der Waals surface area (Å²) in [7, 11) is 3.80. The minimum atomic E-state index is -0.238. The Morgan fingerprint density at radius 1 is 1.30 bits per heavy atom. The van der Waals surface area contributed by atoms with Gasteiger partial charge < -0.3 is 24.8 Å². The average molecular weight is 316 g/mol. The molecule has 4 rings (SSSR count). The number of nitrogens with one attached hydrogen (secondary N) is 1. The molecule has 3 aliphatic rings. The molecule has 3 heterocycles. The normalized spacial score (nSPS) is 21.7. The highest BCUT2D eigenvalue weighted by Gasteiger charge is 2.53. The molecule has 1 N–H and O–H groups in total. The van der Waals surface area contributed by atoms with Crippen LogP contribution in [-0.4, -0.2) is 74.2 Å². The number of ether oxygens (including phenoxy) is 1. The fourth-order valence-corrected chi connectivity index (χ4v) is 3.50. The second-order valence-electron chi connectivity index (χ2n) is 6.56. The highest BCUT2D eigenvalue weighted by molar-refractivity contribution is 5.96. The lowest BCUT2D eigenvalue weighted by Crippen LogP contribution is -2.70. The molecule has 3 amide bonds. The molecule has 1 aromatic carbocycles. The molecule has 2 fully saturated rings. The van der Waals surface area contributed by atoms with Gasteiger partial charge in [-0.2, -0.15) is 0 Å². The van der Waals surface area contributed by atoms with Crippen molar-refractivity contribution in [3.05, 3.63) is 23.8 Å². The van der Waals surface area contributed by atoms with E-state index in [4.69, 9.17) is 4.74 Å². The lowest BCUT2D eigenvalue weighted by molar-refractivity contribution is 0.00775. The zero-order chi connectivity index (χ0) is 16.2. The van der Waals surface area contributed by atoms with Crippen molar-refractivity contribution < 1.29 is 14.3 Å². The number of fused-ring (bicyclic) bond motifs is 1. The van der Waals surface area contributed by atoms with Crippen molar-refractivity contribution in [2.75, 3.05) is 51.8 Å². The van der Waals surface area contributed by atoms with Crippen LogP contribution in [-0.2, 0) is 0 Å². The van der Waals surface area contributed by atoms with Gasteiger partial charge in [-0.3, -0.25) is 4.79 Å². The van der Waals surface area contributed by atoms with Crippen LogP contribution in [0.4, 0.5) is 10.5 Å². The van der Waals surface area contributed by atoms with Gasteiger partial charge in [-0.15, -0.1) is 0 Å². The lowest BCUT2D eigenvalue weighted by atomic mass is 9.89. The first-order valence-corrected chi connectivity index (χ1v) is 7.79. The molecule has 3 aliphatic heterocycles. The second kappa shape index (κ2) is 4.78. The van der Waals surface area contributed by atoms with E-state index in [0.29, 0.717) is 31.8 Å². The maximum atomic E-state index is 12.7. The van der Waals surface area contributed by atoms with Crippen LogP contribution >= 0.6 is 0 Å². The predicted octanol–water partition coefficient (Wildman–Crippen LogP) is 0.365. The van der Waals surface area contributed by atoms with E-state index in [1.165, 1.54) is 0 Å². The molecule has 0 saturated carbocycles. The number of hydrogen-bond acceptors (Lipinski definition) is 4. The standard InChI is InChI=1S/C16H20N4O3/c1-18-5-6-23-13-7-11(3-4-12(13)18)14(21)20-9-16(10-20)8-17-15(22)19(16)2/h3-4,7H,5-6,8-10H2,1-2H3,(H,17,22). The summed E-state index contributed by atoms with van der Waals surface area (Å²) in [5.41, 5.74) is 1.41. The first-order chi connectivity index (χ1) is 11.0. The second-order valence-corrected chi connectivity index (χ2v) is 6.56. The van der Waals surface area contributed by atoms with E-state index in [9.17, 15) is 9.59 Å². The van der Waals surface area contributed by atoms with Crippen LogP contribution in [0.5, 0.6) is 5.75 Å². The number of urea groups is 1. The number of carbonyl (C=O) groups excluding carboxylic acids is 2. The van der Waals surface area contributed by atoms with Crippen LogP contribution < -0.4 is 15.0 Å². The molecule has 0 unspecified atom stereocenters. The summed E-state index contributed by atoms with van der Waals surface area (Å²) in [5, 5.41) is 2.83. The molecule has 7 heteroatoms. The summed E-state index contributed by atoms with van der Waals surface area (Å²) in [4.78, 5) is 29.9. The van der Waals surface area contributed by atoms with E-state index in [0.717, 1.165) is 18.0 Å². The molecule has 0 radical (unpaired) electrons. The molecule has 23 heavy (non-hydrogen) atoms. The Balaban J connectivity index is 1.50. The van der Waals surface area contributed by atoms with Crippen LogP contribution in [0, 0.1) is 0 Å². The summed E-state index contributed by atoms with van der Waals surface area (Å²) in [6.45, 7) is 3.22. The van der Waals surface area contributed by atoms with E-state index < -0.39 is 0 Å². The number of amides is 3. The Kier molecular flexibility index (Phi) is 2.94. The summed E-state index contributed by atoms with van der Waals surface area (Å²) in [6.07, 6.45) is 0. The molecule has 1 aromatic rings. The third-order valence-corrected chi connectivity index (χ3v) is 5.14. The van der Waals surface area contributed by atoms with Crippen molar-refractivity contribution in [1.29, 1.82) is 0 Å². The minimum absolute atomic E-state index is 0.0111. The topological polar surface area (TPSA) is 65.1 Å². The highest BCUT2D eigenvalue weighted by atomic mass is 16.5. The molecular weight excluding hydrogens is 296 g/mol. The Hall–Kier alpha value is -2.44. The van der Waals surface area contributed by atoms with E-state index in [1.807, 2.05) is 25.2 Å². The van der Waals surface area contributed by atoms with Gasteiger partial charge in [0.25, 0.3) is 5.91 Å². The van der Waals surface area contributed by atoms with Gasteiger partial charge in [0.1, 0.15) is 12.4 Å². The maximum Gasteiger partial charge on any atom is 0.317 e. The fourth-order valence-electron chi connectivity index (χ4n) is 3.50. The summed E-state index contributed by atoms with van der Waals surface area (Å²) < 4.78 is 5.67. The van der Waals surface area contributed by atoms with Gasteiger partial charge in [-0.25, -0.2) is 4.79 Å². The zero-order valence-corrected chi connectivity index (χ0v) is 13.3. The first kappa shape index (κ1) is 14.2. The molecular formula is C16H20N4O3. The van der Waals surface area contributed by atoms with Gasteiger partial charge in [-0.05, 0) is 18.2 Å². The van der Waals surface area contributed by atoms with Gasteiger partial charge in [0.15, 0.2) is 0 Å². The van der Waals surface area contributed by atoms with Crippen LogP contribution in [0.25, 0.3) is 0 Å². The first-order valence-electron chi connectivity index (χ1n) is 7.79. The van der Waals surface area contributed by atoms with Crippen LogP contribution in [0.3, 0.4) is 0 Å². The molecule has 0 atom stereocenters. The Morgan fingerprint density at radius 2 is 2.09 bits per heavy atom. The van der Waals surface area contributed by atoms with E-state index >= 15 is 0 Å². The highest BCUT2D eigenvalue weighted by Crippen LogP contribution is 2.34. The van der Waals surface area contributed by atoms with Crippen molar-refractivity contribution in [3.63, 3.8) is 0 Å². The van der Waals surface area contributed by atoms with Crippen molar-refractivity contribution >= 4 is 17.6 Å². The van der Waals surface area contributed by atoms with Gasteiger partial charge in [0.05, 0.1) is 17.8 Å². The van der Waals surface area contributed by atoms with Crippen molar-refractivity contribution in [2.45, 2.75) is 5.54 Å². The van der Waals surface area contributed by atoms with Crippen LogP contribution in [0.15, 0.2) is 18.2 Å². The summed E-state index contributed by atoms with van der Waals surface area (Å²) >= 11 is 0. The largest absolute Gasteiger partial charge is 0.490 e. The molecule has 0 aliphatic carbocycles. The van der Waals surface area contributed by atoms with Gasteiger partial charge in [-0.1, -0.05) is 0 Å². The third-order valence-electron chi connectivity index (χ3n) is 5.14. The summed E-state index contributed by atoms with van der Waals surface area (Å²) in [6, 6.07) is 5.53. The number of hydrogen-bond donors (Lipinski definition) is 1. The van der Waals surface area contributed by atoms with Gasteiger partial charge >= 0.3 is 6.03 Å². The minimum Gasteiger partial charge on any atom is -0.490 e. The van der Waals surface area contributed by atoms with E-state index in [-0.39, 0.29) is 17.5 Å². The van der Waals surface area contributed by atoms with Crippen molar-refractivity contribution in [1.82, 2.24) is 15.1 Å². The molecule has 0 bridgehead atoms. The lowest BCUT2D eigenvalue weighted by Gasteiger charge is -2.50. The maximum absolute atomic E-state index is 12.7. The molecule has 0 aromatic heterocycles. The van der Waals surface area contributed by atoms with Crippen molar-refractivity contribution in [3.8, 4) is 5.75 Å². The number of benzene rings is 1. The molecule has 122 valence electrons. The van der Waals surface area contributed by atoms with Crippen molar-refractivity contribution in [2.24, 2.45) is 0 Å². The Labute approximate surface area is 134 Å². The van der Waals surface area contributed by atoms with Crippen LogP contribution in [0.2, 0.25) is 0 Å². The number of likely N-dealkylation sites (N-methyl/N-ethyl adjacent to an activating group) is 2. The van der Waals surface area contributed by atoms with E-state index in [1.54, 1.807) is 16.8 Å². The predicted molar refractivity (Wildman–Crippen MR) is 85.0 cm³/mol. The smallest absolute Gasteiger partial charge is 0.317 e. The number of carbonyl (C=O) groups is 2. The Bertz CT molecular complexity index is 684. The number of nitrogens with zero attached hydrogens (tertiary/aromatic N) is 3. The third kappa shape index (κ3) is 2.03. The van der Waals surface area contributed by atoms with Gasteiger partial charge in [0, 0.05) is 39.3 Å². The number of likely N-dealkylation sites (tertiary alicyclic amines) is 1. The summed E-state index contributed by atoms with van der Waals surface area (Å²) in [5.74, 6) is 0.748. The monoisotopic (exact) mass is 316 g/mol. The zero-order valence-electron chi connectivity index (χ0n) is 13.3. The number of rotatable bonds is 1.